The summed E-state index contributed by atoms with van der Waals surface area (Å²) in [6.07, 6.45) is 4.44. The number of thiocarbonyl (C=S) groups is 1. The highest BCUT2D eigenvalue weighted by atomic mass is 35.5. The lowest BCUT2D eigenvalue weighted by Gasteiger charge is -2.39. The molecule has 2 heterocycles. The van der Waals surface area contributed by atoms with E-state index in [1.807, 2.05) is 12.1 Å². The second kappa shape index (κ2) is 7.37. The SMILES string of the molecule is CCCCNC(=S)N1CCn2cccc2[C@@H]1c1ccc(Cl)cc1. The van der Waals surface area contributed by atoms with Crippen LogP contribution in [-0.2, 0) is 6.54 Å². The molecule has 0 saturated heterocycles. The van der Waals surface area contributed by atoms with E-state index in [9.17, 15) is 0 Å². The van der Waals surface area contributed by atoms with Gasteiger partial charge in [0.2, 0.25) is 0 Å². The third-order valence-corrected chi connectivity index (χ3v) is 4.92. The number of hydrogen-bond acceptors (Lipinski definition) is 1. The van der Waals surface area contributed by atoms with E-state index >= 15 is 0 Å². The molecule has 0 unspecified atom stereocenters. The fourth-order valence-electron chi connectivity index (χ4n) is 3.07. The summed E-state index contributed by atoms with van der Waals surface area (Å²) in [7, 11) is 0. The normalized spacial score (nSPS) is 17.0. The predicted molar refractivity (Wildman–Crippen MR) is 99.9 cm³/mol. The van der Waals surface area contributed by atoms with Gasteiger partial charge in [-0.1, -0.05) is 37.1 Å². The zero-order chi connectivity index (χ0) is 16.2. The molecular formula is C18H22ClN3S. The quantitative estimate of drug-likeness (QED) is 0.660. The number of fused-ring (bicyclic) bond motifs is 1. The van der Waals surface area contributed by atoms with Crippen LogP contribution in [0, 0.1) is 0 Å². The van der Waals surface area contributed by atoms with Gasteiger partial charge in [-0.3, -0.25) is 0 Å². The van der Waals surface area contributed by atoms with Gasteiger partial charge in [0.25, 0.3) is 0 Å². The maximum Gasteiger partial charge on any atom is 0.169 e. The van der Waals surface area contributed by atoms with E-state index in [1.54, 1.807) is 0 Å². The molecule has 0 amide bonds. The van der Waals surface area contributed by atoms with Crippen LogP contribution in [-0.4, -0.2) is 27.7 Å². The second-order valence-electron chi connectivity index (χ2n) is 5.86. The molecule has 0 saturated carbocycles. The average Bonchev–Trinajstić information content (AvgIpc) is 3.03. The van der Waals surface area contributed by atoms with Crippen LogP contribution in [0.4, 0.5) is 0 Å². The second-order valence-corrected chi connectivity index (χ2v) is 6.68. The fourth-order valence-corrected chi connectivity index (χ4v) is 3.50. The van der Waals surface area contributed by atoms with E-state index in [0.29, 0.717) is 0 Å². The summed E-state index contributed by atoms with van der Waals surface area (Å²) in [5.41, 5.74) is 2.49. The number of rotatable bonds is 4. The Labute approximate surface area is 148 Å². The van der Waals surface area contributed by atoms with E-state index < -0.39 is 0 Å². The molecule has 23 heavy (non-hydrogen) atoms. The Balaban J connectivity index is 1.89. The topological polar surface area (TPSA) is 20.2 Å². The van der Waals surface area contributed by atoms with Crippen LogP contribution in [0.5, 0.6) is 0 Å². The minimum Gasteiger partial charge on any atom is -0.363 e. The number of aromatic nitrogens is 1. The molecule has 1 atom stereocenters. The van der Waals surface area contributed by atoms with Gasteiger partial charge in [-0.25, -0.2) is 0 Å². The van der Waals surface area contributed by atoms with Crippen molar-refractivity contribution in [3.05, 3.63) is 58.9 Å². The minimum atomic E-state index is 0.137. The highest BCUT2D eigenvalue weighted by molar-refractivity contribution is 7.80. The monoisotopic (exact) mass is 347 g/mol. The molecule has 122 valence electrons. The van der Waals surface area contributed by atoms with E-state index in [-0.39, 0.29) is 6.04 Å². The van der Waals surface area contributed by atoms with Crippen molar-refractivity contribution >= 4 is 28.9 Å². The average molecular weight is 348 g/mol. The Morgan fingerprint density at radius 3 is 2.78 bits per heavy atom. The molecule has 3 rings (SSSR count). The molecule has 1 aromatic heterocycles. The maximum absolute atomic E-state index is 6.06. The minimum absolute atomic E-state index is 0.137. The number of unbranched alkanes of at least 4 members (excludes halogenated alkanes) is 1. The number of benzene rings is 1. The molecule has 0 aliphatic carbocycles. The van der Waals surface area contributed by atoms with Crippen LogP contribution in [0.1, 0.15) is 37.1 Å². The zero-order valence-corrected chi connectivity index (χ0v) is 14.9. The Morgan fingerprint density at radius 1 is 1.26 bits per heavy atom. The molecule has 1 N–H and O–H groups in total. The fraction of sp³-hybridized carbons (Fsp3) is 0.389. The van der Waals surface area contributed by atoms with Gasteiger partial charge in [0.05, 0.1) is 6.04 Å². The van der Waals surface area contributed by atoms with Gasteiger partial charge in [-0.15, -0.1) is 0 Å². The molecule has 1 aliphatic rings. The van der Waals surface area contributed by atoms with Crippen LogP contribution >= 0.6 is 23.8 Å². The summed E-state index contributed by atoms with van der Waals surface area (Å²) in [6, 6.07) is 12.5. The van der Waals surface area contributed by atoms with Gasteiger partial charge in [0, 0.05) is 36.5 Å². The summed E-state index contributed by atoms with van der Waals surface area (Å²) in [5, 5.41) is 5.01. The molecule has 0 fully saturated rings. The molecule has 2 aromatic rings. The Morgan fingerprint density at radius 2 is 2.04 bits per heavy atom. The molecule has 5 heteroatoms. The Bertz CT molecular complexity index is 665. The van der Waals surface area contributed by atoms with Crippen molar-refractivity contribution in [2.45, 2.75) is 32.4 Å². The van der Waals surface area contributed by atoms with Gasteiger partial charge < -0.3 is 14.8 Å². The van der Waals surface area contributed by atoms with Crippen LogP contribution < -0.4 is 5.32 Å². The van der Waals surface area contributed by atoms with Crippen molar-refractivity contribution in [3.8, 4) is 0 Å². The molecule has 0 bridgehead atoms. The zero-order valence-electron chi connectivity index (χ0n) is 13.3. The van der Waals surface area contributed by atoms with Crippen LogP contribution in [0.2, 0.25) is 5.02 Å². The van der Waals surface area contributed by atoms with Gasteiger partial charge in [-0.05, 0) is 48.5 Å². The molecular weight excluding hydrogens is 326 g/mol. The van der Waals surface area contributed by atoms with Crippen molar-refractivity contribution in [1.82, 2.24) is 14.8 Å². The summed E-state index contributed by atoms with van der Waals surface area (Å²) < 4.78 is 2.31. The molecule has 1 aromatic carbocycles. The van der Waals surface area contributed by atoms with Crippen LogP contribution in [0.25, 0.3) is 0 Å². The first-order valence-electron chi connectivity index (χ1n) is 8.15. The van der Waals surface area contributed by atoms with Crippen LogP contribution in [0.3, 0.4) is 0 Å². The number of nitrogens with zero attached hydrogens (tertiary/aromatic N) is 2. The van der Waals surface area contributed by atoms with Crippen molar-refractivity contribution < 1.29 is 0 Å². The Hall–Kier alpha value is -1.52. The summed E-state index contributed by atoms with van der Waals surface area (Å²) >= 11 is 11.7. The van der Waals surface area contributed by atoms with Crippen molar-refractivity contribution in [3.63, 3.8) is 0 Å². The lowest BCUT2D eigenvalue weighted by atomic mass is 10.0. The molecule has 1 aliphatic heterocycles. The van der Waals surface area contributed by atoms with Gasteiger partial charge in [-0.2, -0.15) is 0 Å². The number of hydrogen-bond donors (Lipinski definition) is 1. The highest BCUT2D eigenvalue weighted by Crippen LogP contribution is 2.33. The van der Waals surface area contributed by atoms with Crippen molar-refractivity contribution in [2.75, 3.05) is 13.1 Å². The van der Waals surface area contributed by atoms with Gasteiger partial charge in [0.15, 0.2) is 5.11 Å². The molecule has 3 nitrogen and oxygen atoms in total. The highest BCUT2D eigenvalue weighted by Gasteiger charge is 2.30. The first-order chi connectivity index (χ1) is 11.2. The van der Waals surface area contributed by atoms with E-state index in [4.69, 9.17) is 23.8 Å². The summed E-state index contributed by atoms with van der Waals surface area (Å²) in [4.78, 5) is 2.30. The third kappa shape index (κ3) is 3.54. The lowest BCUT2D eigenvalue weighted by Crippen LogP contribution is -2.47. The number of halogens is 1. The predicted octanol–water partition coefficient (Wildman–Crippen LogP) is 4.22. The molecule has 0 spiro atoms. The van der Waals surface area contributed by atoms with E-state index in [2.05, 4.69) is 52.2 Å². The number of nitrogens with one attached hydrogen (secondary N) is 1. The summed E-state index contributed by atoms with van der Waals surface area (Å²) in [5.74, 6) is 0. The third-order valence-electron chi connectivity index (χ3n) is 4.29. The van der Waals surface area contributed by atoms with E-state index in [0.717, 1.165) is 36.2 Å². The van der Waals surface area contributed by atoms with Gasteiger partial charge >= 0.3 is 0 Å². The summed E-state index contributed by atoms with van der Waals surface area (Å²) in [6.45, 7) is 4.99. The van der Waals surface area contributed by atoms with E-state index in [1.165, 1.54) is 17.7 Å². The first kappa shape index (κ1) is 16.3. The van der Waals surface area contributed by atoms with Crippen LogP contribution in [0.15, 0.2) is 42.6 Å². The first-order valence-corrected chi connectivity index (χ1v) is 8.94. The van der Waals surface area contributed by atoms with Crippen molar-refractivity contribution in [1.29, 1.82) is 0 Å². The largest absolute Gasteiger partial charge is 0.363 e. The molecule has 0 radical (unpaired) electrons. The van der Waals surface area contributed by atoms with Gasteiger partial charge in [0.1, 0.15) is 0 Å². The Kier molecular flexibility index (Phi) is 5.23. The standard InChI is InChI=1S/C18H22ClN3S/c1-2-3-10-20-18(23)22-13-12-21-11-4-5-16(21)17(22)14-6-8-15(19)9-7-14/h4-9,11,17H,2-3,10,12-13H2,1H3,(H,20,23)/t17-/m0/s1. The smallest absolute Gasteiger partial charge is 0.169 e. The van der Waals surface area contributed by atoms with Crippen molar-refractivity contribution in [2.24, 2.45) is 0 Å². The lowest BCUT2D eigenvalue weighted by molar-refractivity contribution is 0.286. The maximum atomic E-state index is 6.06.